The monoisotopic (exact) mass is 427 g/mol. The van der Waals surface area contributed by atoms with Gasteiger partial charge in [-0.15, -0.1) is 0 Å². The highest BCUT2D eigenvalue weighted by Crippen LogP contribution is 2.32. The molecule has 0 unspecified atom stereocenters. The zero-order valence-electron chi connectivity index (χ0n) is 16.2. The van der Waals surface area contributed by atoms with Crippen LogP contribution in [-0.4, -0.2) is 66.2 Å². The van der Waals surface area contributed by atoms with E-state index in [1.807, 2.05) is 0 Å². The highest BCUT2D eigenvalue weighted by molar-refractivity contribution is 7.89. The van der Waals surface area contributed by atoms with Crippen LogP contribution in [0.25, 0.3) is 0 Å². The predicted octanol–water partition coefficient (Wildman–Crippen LogP) is 0.917. The van der Waals surface area contributed by atoms with Gasteiger partial charge in [-0.05, 0) is 26.0 Å². The summed E-state index contributed by atoms with van der Waals surface area (Å²) >= 11 is 0. The van der Waals surface area contributed by atoms with E-state index in [1.54, 1.807) is 25.8 Å². The van der Waals surface area contributed by atoms with Crippen molar-refractivity contribution in [2.45, 2.75) is 18.9 Å². The van der Waals surface area contributed by atoms with Crippen LogP contribution < -0.4 is 4.90 Å². The lowest BCUT2D eigenvalue weighted by atomic mass is 10.3. The number of nitro groups is 1. The van der Waals surface area contributed by atoms with Gasteiger partial charge >= 0.3 is 11.7 Å². The summed E-state index contributed by atoms with van der Waals surface area (Å²) in [7, 11) is -2.34. The number of nitrogens with zero attached hydrogens (tertiary/aromatic N) is 5. The summed E-state index contributed by atoms with van der Waals surface area (Å²) in [6.45, 7) is 4.00. The van der Waals surface area contributed by atoms with Gasteiger partial charge in [0.25, 0.3) is 10.0 Å². The summed E-state index contributed by atoms with van der Waals surface area (Å²) in [6, 6.07) is 2.46. The summed E-state index contributed by atoms with van der Waals surface area (Å²) in [5, 5.41) is 15.1. The first-order valence-electron chi connectivity index (χ1n) is 8.86. The van der Waals surface area contributed by atoms with E-state index < -0.39 is 20.9 Å². The van der Waals surface area contributed by atoms with Crippen LogP contribution in [0.5, 0.6) is 0 Å². The fraction of sp³-hybridized carbons (Fsp3) is 0.500. The third-order valence-electron chi connectivity index (χ3n) is 4.53. The molecule has 1 aliphatic rings. The Labute approximate surface area is 166 Å². The highest BCUT2D eigenvalue weighted by atomic mass is 32.2. The Hall–Kier alpha value is -2.93. The number of ether oxygens (including phenoxy) is 1. The minimum atomic E-state index is -3.95. The van der Waals surface area contributed by atoms with Crippen molar-refractivity contribution in [2.75, 3.05) is 37.7 Å². The quantitative estimate of drug-likeness (QED) is 0.374. The lowest BCUT2D eigenvalue weighted by Gasteiger charge is -2.34. The van der Waals surface area contributed by atoms with E-state index >= 15 is 0 Å². The number of furan rings is 1. The lowest BCUT2D eigenvalue weighted by molar-refractivity contribution is -0.384. The molecule has 0 atom stereocenters. The second-order valence-corrected chi connectivity index (χ2v) is 8.24. The lowest BCUT2D eigenvalue weighted by Crippen LogP contribution is -2.49. The smallest absolute Gasteiger partial charge is 0.374 e. The first-order chi connectivity index (χ1) is 13.7. The Morgan fingerprint density at radius 3 is 2.55 bits per heavy atom. The largest absolute Gasteiger partial charge is 0.460 e. The minimum absolute atomic E-state index is 0.0890. The van der Waals surface area contributed by atoms with Gasteiger partial charge in [-0.3, -0.25) is 10.1 Å². The number of sulfonamides is 1. The summed E-state index contributed by atoms with van der Waals surface area (Å²) in [5.41, 5.74) is 0.207. The molecule has 0 saturated carbocycles. The minimum Gasteiger partial charge on any atom is -0.460 e. The van der Waals surface area contributed by atoms with Crippen LogP contribution in [0.4, 0.5) is 11.5 Å². The number of anilines is 1. The van der Waals surface area contributed by atoms with Crippen LogP contribution in [0, 0.1) is 17.0 Å². The Kier molecular flexibility index (Phi) is 5.61. The van der Waals surface area contributed by atoms with E-state index in [0.717, 1.165) is 0 Å². The number of rotatable bonds is 6. The number of carbonyl (C=O) groups excluding carboxylic acids is 1. The molecule has 2 aromatic rings. The molecule has 3 rings (SSSR count). The standard InChI is InChI=1S/C16H21N5O7S/c1-4-27-16(22)12-5-6-13(28-12)29(25,26)20-9-7-19(8-10-20)15-14(21(23)24)11(2)17-18(15)3/h5-6H,4,7-10H2,1-3H3. The van der Waals surface area contributed by atoms with Gasteiger partial charge in [0.1, 0.15) is 5.69 Å². The SMILES string of the molecule is CCOC(=O)c1ccc(S(=O)(=O)N2CCN(c3c([N+](=O)[O-])c(C)nn3C)CC2)o1. The van der Waals surface area contributed by atoms with Gasteiger partial charge in [0.15, 0.2) is 0 Å². The molecule has 0 spiro atoms. The van der Waals surface area contributed by atoms with E-state index in [9.17, 15) is 23.3 Å². The average molecular weight is 427 g/mol. The molecule has 0 amide bonds. The summed E-state index contributed by atoms with van der Waals surface area (Å²) in [5.74, 6) is -0.588. The number of aromatic nitrogens is 2. The molecule has 29 heavy (non-hydrogen) atoms. The highest BCUT2D eigenvalue weighted by Gasteiger charge is 2.35. The van der Waals surface area contributed by atoms with Crippen LogP contribution in [0.1, 0.15) is 23.2 Å². The molecule has 12 nitrogen and oxygen atoms in total. The molecular formula is C16H21N5O7S. The molecule has 0 N–H and O–H groups in total. The molecule has 1 fully saturated rings. The zero-order valence-corrected chi connectivity index (χ0v) is 17.0. The third kappa shape index (κ3) is 3.82. The third-order valence-corrected chi connectivity index (χ3v) is 6.31. The van der Waals surface area contributed by atoms with E-state index in [2.05, 4.69) is 5.10 Å². The Morgan fingerprint density at radius 1 is 1.31 bits per heavy atom. The van der Waals surface area contributed by atoms with Crippen LogP contribution >= 0.6 is 0 Å². The van der Waals surface area contributed by atoms with E-state index in [-0.39, 0.29) is 49.3 Å². The van der Waals surface area contributed by atoms with Crippen molar-refractivity contribution < 1.29 is 27.3 Å². The number of piperazine rings is 1. The van der Waals surface area contributed by atoms with Crippen LogP contribution in [0.3, 0.4) is 0 Å². The van der Waals surface area contributed by atoms with Crippen molar-refractivity contribution in [3.05, 3.63) is 33.7 Å². The molecule has 0 radical (unpaired) electrons. The number of aryl methyl sites for hydroxylation is 2. The predicted molar refractivity (Wildman–Crippen MR) is 100 cm³/mol. The Balaban J connectivity index is 1.76. The number of esters is 1. The van der Waals surface area contributed by atoms with Crippen molar-refractivity contribution >= 4 is 27.5 Å². The molecule has 0 bridgehead atoms. The molecule has 158 valence electrons. The Morgan fingerprint density at radius 2 is 1.97 bits per heavy atom. The van der Waals surface area contributed by atoms with Gasteiger partial charge in [-0.25, -0.2) is 17.9 Å². The number of carbonyl (C=O) groups is 1. The van der Waals surface area contributed by atoms with E-state index in [1.165, 1.54) is 21.1 Å². The molecule has 3 heterocycles. The van der Waals surface area contributed by atoms with Gasteiger partial charge < -0.3 is 14.1 Å². The van der Waals surface area contributed by atoms with Gasteiger partial charge in [0, 0.05) is 33.2 Å². The van der Waals surface area contributed by atoms with Crippen molar-refractivity contribution in [3.8, 4) is 0 Å². The van der Waals surface area contributed by atoms with Gasteiger partial charge in [0.2, 0.25) is 16.7 Å². The van der Waals surface area contributed by atoms with Gasteiger partial charge in [-0.1, -0.05) is 0 Å². The van der Waals surface area contributed by atoms with Gasteiger partial charge in [-0.2, -0.15) is 9.40 Å². The second-order valence-electron chi connectivity index (χ2n) is 6.37. The first kappa shape index (κ1) is 20.8. The maximum absolute atomic E-state index is 12.8. The molecule has 13 heteroatoms. The number of hydrogen-bond donors (Lipinski definition) is 0. The fourth-order valence-corrected chi connectivity index (χ4v) is 4.57. The second kappa shape index (κ2) is 7.83. The van der Waals surface area contributed by atoms with Crippen molar-refractivity contribution in [1.82, 2.24) is 14.1 Å². The maximum Gasteiger partial charge on any atom is 0.374 e. The van der Waals surface area contributed by atoms with Crippen LogP contribution in [0.2, 0.25) is 0 Å². The van der Waals surface area contributed by atoms with Crippen LogP contribution in [0.15, 0.2) is 21.6 Å². The van der Waals surface area contributed by atoms with E-state index in [0.29, 0.717) is 11.5 Å². The van der Waals surface area contributed by atoms with Gasteiger partial charge in [0.05, 0.1) is 11.5 Å². The Bertz CT molecular complexity index is 1030. The summed E-state index contributed by atoms with van der Waals surface area (Å²) < 4.78 is 38.2. The van der Waals surface area contributed by atoms with Crippen LogP contribution in [-0.2, 0) is 21.8 Å². The molecule has 0 aromatic carbocycles. The molecule has 1 aliphatic heterocycles. The first-order valence-corrected chi connectivity index (χ1v) is 10.3. The normalized spacial score (nSPS) is 15.5. The molecule has 1 saturated heterocycles. The average Bonchev–Trinajstić information content (AvgIpc) is 3.27. The maximum atomic E-state index is 12.8. The van der Waals surface area contributed by atoms with Crippen molar-refractivity contribution in [3.63, 3.8) is 0 Å². The van der Waals surface area contributed by atoms with E-state index in [4.69, 9.17) is 9.15 Å². The molecular weight excluding hydrogens is 406 g/mol. The molecule has 0 aliphatic carbocycles. The molecule has 2 aromatic heterocycles. The fourth-order valence-electron chi connectivity index (χ4n) is 3.24. The van der Waals surface area contributed by atoms with Crippen molar-refractivity contribution in [1.29, 1.82) is 0 Å². The topological polar surface area (TPSA) is 141 Å². The summed E-state index contributed by atoms with van der Waals surface area (Å²) in [4.78, 5) is 24.3. The summed E-state index contributed by atoms with van der Waals surface area (Å²) in [6.07, 6.45) is 0. The van der Waals surface area contributed by atoms with Crippen molar-refractivity contribution in [2.24, 2.45) is 7.05 Å². The zero-order chi connectivity index (χ0) is 21.3. The number of hydrogen-bond acceptors (Lipinski definition) is 9.